The monoisotopic (exact) mass is 116 g/mol. The number of ether oxygens (including phenoxy) is 1. The third kappa shape index (κ3) is 1.20. The summed E-state index contributed by atoms with van der Waals surface area (Å²) in [7, 11) is 1.70. The molecule has 0 heterocycles. The molecule has 0 aliphatic heterocycles. The Bertz CT molecular complexity index is 72.9. The van der Waals surface area contributed by atoms with Crippen LogP contribution in [-0.2, 0) is 4.74 Å². The number of hydrogen-bond acceptors (Lipinski definition) is 2. The maximum atomic E-state index is 8.95. The lowest BCUT2D eigenvalue weighted by molar-refractivity contribution is 0.0898. The fourth-order valence-electron chi connectivity index (χ4n) is 1.13. The summed E-state index contributed by atoms with van der Waals surface area (Å²) in [5.74, 6) is 0. The van der Waals surface area contributed by atoms with Gasteiger partial charge in [0, 0.05) is 7.11 Å². The van der Waals surface area contributed by atoms with E-state index in [9.17, 15) is 0 Å². The second kappa shape index (κ2) is 2.46. The predicted octanol–water partition coefficient (Wildman–Crippen LogP) is 0.546. The smallest absolute Gasteiger partial charge is 0.0596 e. The van der Waals surface area contributed by atoms with Crippen LogP contribution in [0.25, 0.3) is 0 Å². The zero-order chi connectivity index (χ0) is 5.98. The molecule has 0 amide bonds. The van der Waals surface area contributed by atoms with Gasteiger partial charge in [0.1, 0.15) is 0 Å². The van der Waals surface area contributed by atoms with E-state index in [1.807, 2.05) is 0 Å². The lowest BCUT2D eigenvalue weighted by Gasteiger charge is -2.03. The van der Waals surface area contributed by atoms with Crippen molar-refractivity contribution in [1.82, 2.24) is 0 Å². The van der Waals surface area contributed by atoms with Crippen LogP contribution in [0.3, 0.4) is 0 Å². The van der Waals surface area contributed by atoms with Crippen LogP contribution >= 0.6 is 0 Å². The van der Waals surface area contributed by atoms with Gasteiger partial charge in [0.2, 0.25) is 0 Å². The first kappa shape index (κ1) is 6.05. The zero-order valence-corrected chi connectivity index (χ0v) is 5.13. The summed E-state index contributed by atoms with van der Waals surface area (Å²) in [6.07, 6.45) is 3.00. The van der Waals surface area contributed by atoms with Gasteiger partial charge in [-0.25, -0.2) is 0 Å². The van der Waals surface area contributed by atoms with Gasteiger partial charge in [-0.1, -0.05) is 0 Å². The number of aliphatic hydroxyl groups is 1. The van der Waals surface area contributed by atoms with Crippen molar-refractivity contribution in [3.8, 4) is 0 Å². The van der Waals surface area contributed by atoms with Gasteiger partial charge < -0.3 is 9.84 Å². The molecule has 0 spiro atoms. The van der Waals surface area contributed by atoms with Gasteiger partial charge in [-0.2, -0.15) is 0 Å². The Morgan fingerprint density at radius 1 is 1.50 bits per heavy atom. The molecule has 2 atom stereocenters. The minimum absolute atomic E-state index is 0.0973. The average molecular weight is 116 g/mol. The highest BCUT2D eigenvalue weighted by Crippen LogP contribution is 2.20. The van der Waals surface area contributed by atoms with Crippen molar-refractivity contribution in [2.45, 2.75) is 31.5 Å². The second-order valence-corrected chi connectivity index (χ2v) is 2.32. The lowest BCUT2D eigenvalue weighted by atomic mass is 10.3. The quantitative estimate of drug-likeness (QED) is 0.542. The predicted molar refractivity (Wildman–Crippen MR) is 30.7 cm³/mol. The van der Waals surface area contributed by atoms with E-state index >= 15 is 0 Å². The summed E-state index contributed by atoms with van der Waals surface area (Å²) in [6, 6.07) is 0. The Kier molecular flexibility index (Phi) is 1.86. The van der Waals surface area contributed by atoms with Crippen molar-refractivity contribution >= 4 is 0 Å². The van der Waals surface area contributed by atoms with Crippen LogP contribution in [-0.4, -0.2) is 24.4 Å². The van der Waals surface area contributed by atoms with Gasteiger partial charge in [-0.3, -0.25) is 0 Å². The topological polar surface area (TPSA) is 29.5 Å². The van der Waals surface area contributed by atoms with E-state index < -0.39 is 0 Å². The van der Waals surface area contributed by atoms with E-state index in [0.29, 0.717) is 6.10 Å². The summed E-state index contributed by atoms with van der Waals surface area (Å²) in [5.41, 5.74) is 0. The standard InChI is InChI=1S/C6H12O2/c1-8-6-3-2-5(7)4-6/h5-7H,2-4H2,1H3/t5-,6-/m1/s1. The fraction of sp³-hybridized carbons (Fsp3) is 1.00. The minimum Gasteiger partial charge on any atom is -0.393 e. The molecule has 1 N–H and O–H groups in total. The minimum atomic E-state index is -0.0973. The first-order chi connectivity index (χ1) is 3.83. The Morgan fingerprint density at radius 3 is 2.50 bits per heavy atom. The molecule has 0 bridgehead atoms. The van der Waals surface area contributed by atoms with Crippen molar-refractivity contribution in [2.75, 3.05) is 7.11 Å². The summed E-state index contributed by atoms with van der Waals surface area (Å²) in [4.78, 5) is 0. The molecule has 1 fully saturated rings. The number of methoxy groups -OCH3 is 1. The Balaban J connectivity index is 2.22. The van der Waals surface area contributed by atoms with Crippen LogP contribution in [0.4, 0.5) is 0 Å². The van der Waals surface area contributed by atoms with Crippen LogP contribution in [0.15, 0.2) is 0 Å². The van der Waals surface area contributed by atoms with Gasteiger partial charge >= 0.3 is 0 Å². The van der Waals surface area contributed by atoms with Crippen molar-refractivity contribution in [1.29, 1.82) is 0 Å². The third-order valence-electron chi connectivity index (χ3n) is 1.69. The van der Waals surface area contributed by atoms with Gasteiger partial charge in [0.15, 0.2) is 0 Å². The first-order valence-corrected chi connectivity index (χ1v) is 3.04. The molecule has 1 saturated carbocycles. The van der Waals surface area contributed by atoms with Crippen LogP contribution in [0.2, 0.25) is 0 Å². The molecule has 0 unspecified atom stereocenters. The van der Waals surface area contributed by atoms with E-state index in [2.05, 4.69) is 0 Å². The molecule has 2 heteroatoms. The van der Waals surface area contributed by atoms with Crippen molar-refractivity contribution in [3.63, 3.8) is 0 Å². The van der Waals surface area contributed by atoms with Gasteiger partial charge in [0.05, 0.1) is 12.2 Å². The maximum absolute atomic E-state index is 8.95. The molecule has 2 nitrogen and oxygen atoms in total. The van der Waals surface area contributed by atoms with E-state index in [-0.39, 0.29) is 6.10 Å². The molecule has 1 aliphatic carbocycles. The molecule has 1 aliphatic rings. The van der Waals surface area contributed by atoms with Gasteiger partial charge in [-0.15, -0.1) is 0 Å². The van der Waals surface area contributed by atoms with Crippen LogP contribution < -0.4 is 0 Å². The fourth-order valence-corrected chi connectivity index (χ4v) is 1.13. The Morgan fingerprint density at radius 2 is 2.25 bits per heavy atom. The molecular formula is C6H12O2. The highest BCUT2D eigenvalue weighted by Gasteiger charge is 2.21. The third-order valence-corrected chi connectivity index (χ3v) is 1.69. The highest BCUT2D eigenvalue weighted by molar-refractivity contribution is 4.73. The molecular weight excluding hydrogens is 104 g/mol. The SMILES string of the molecule is CO[C@@H]1CC[C@@H](O)C1. The highest BCUT2D eigenvalue weighted by atomic mass is 16.5. The summed E-state index contributed by atoms with van der Waals surface area (Å²) >= 11 is 0. The number of aliphatic hydroxyl groups excluding tert-OH is 1. The van der Waals surface area contributed by atoms with E-state index in [0.717, 1.165) is 19.3 Å². The van der Waals surface area contributed by atoms with E-state index in [4.69, 9.17) is 9.84 Å². The van der Waals surface area contributed by atoms with E-state index in [1.54, 1.807) is 7.11 Å². The van der Waals surface area contributed by atoms with Gasteiger partial charge in [-0.05, 0) is 19.3 Å². The molecule has 0 aromatic rings. The van der Waals surface area contributed by atoms with Crippen LogP contribution in [0.1, 0.15) is 19.3 Å². The Hall–Kier alpha value is -0.0800. The zero-order valence-electron chi connectivity index (χ0n) is 5.13. The molecule has 0 aromatic carbocycles. The number of hydrogen-bond donors (Lipinski definition) is 1. The maximum Gasteiger partial charge on any atom is 0.0596 e. The summed E-state index contributed by atoms with van der Waals surface area (Å²) in [5, 5.41) is 8.95. The summed E-state index contributed by atoms with van der Waals surface area (Å²) in [6.45, 7) is 0. The molecule has 0 saturated heterocycles. The molecule has 0 radical (unpaired) electrons. The largest absolute Gasteiger partial charge is 0.393 e. The van der Waals surface area contributed by atoms with Crippen LogP contribution in [0.5, 0.6) is 0 Å². The number of rotatable bonds is 1. The molecule has 1 rings (SSSR count). The molecule has 8 heavy (non-hydrogen) atoms. The van der Waals surface area contributed by atoms with E-state index in [1.165, 1.54) is 0 Å². The van der Waals surface area contributed by atoms with Crippen molar-refractivity contribution in [3.05, 3.63) is 0 Å². The van der Waals surface area contributed by atoms with Crippen LogP contribution in [0, 0.1) is 0 Å². The van der Waals surface area contributed by atoms with Crippen molar-refractivity contribution in [2.24, 2.45) is 0 Å². The first-order valence-electron chi connectivity index (χ1n) is 3.04. The lowest BCUT2D eigenvalue weighted by Crippen LogP contribution is -2.06. The molecule has 48 valence electrons. The van der Waals surface area contributed by atoms with Gasteiger partial charge in [0.25, 0.3) is 0 Å². The average Bonchev–Trinajstić information content (AvgIpc) is 2.14. The molecule has 0 aromatic heterocycles. The summed E-state index contributed by atoms with van der Waals surface area (Å²) < 4.78 is 5.02. The normalized spacial score (nSPS) is 38.2. The second-order valence-electron chi connectivity index (χ2n) is 2.32. The Labute approximate surface area is 49.5 Å². The van der Waals surface area contributed by atoms with Crippen molar-refractivity contribution < 1.29 is 9.84 Å².